The Labute approximate surface area is 154 Å². The van der Waals surface area contributed by atoms with E-state index in [1.807, 2.05) is 57.2 Å². The van der Waals surface area contributed by atoms with E-state index in [4.69, 9.17) is 9.47 Å². The third kappa shape index (κ3) is 3.59. The van der Waals surface area contributed by atoms with Crippen LogP contribution in [-0.4, -0.2) is 34.9 Å². The van der Waals surface area contributed by atoms with Gasteiger partial charge in [-0.15, -0.1) is 0 Å². The smallest absolute Gasteiger partial charge is 0.133 e. The summed E-state index contributed by atoms with van der Waals surface area (Å²) in [5.41, 5.74) is 0.425. The summed E-state index contributed by atoms with van der Waals surface area (Å²) in [6, 6.07) is 12.0. The highest BCUT2D eigenvalue weighted by Crippen LogP contribution is 2.37. The molecule has 0 radical (unpaired) electrons. The number of nitrogens with one attached hydrogen (secondary N) is 1. The van der Waals surface area contributed by atoms with Crippen molar-refractivity contribution >= 4 is 10.8 Å². The van der Waals surface area contributed by atoms with Gasteiger partial charge in [0.15, 0.2) is 0 Å². The first-order valence-corrected chi connectivity index (χ1v) is 9.01. The number of rotatable bonds is 8. The Hall–Kier alpha value is -2.37. The predicted octanol–water partition coefficient (Wildman–Crippen LogP) is 3.87. The van der Waals surface area contributed by atoms with E-state index in [1.54, 1.807) is 12.5 Å². The minimum absolute atomic E-state index is 0.0124. The standard InChI is InChI=1S/C21H26N2O3/c1-4-25-9-10-26-19-8-6-16-11-18(7-5-17(16)12-19)21(24,15(2)3)20-13-22-14-23-20/h5-8,11-15,24H,4,9-10H2,1-3H3,(H,22,23). The van der Waals surface area contributed by atoms with Crippen molar-refractivity contribution in [1.29, 1.82) is 0 Å². The second-order valence-corrected chi connectivity index (χ2v) is 6.66. The maximum atomic E-state index is 11.4. The van der Waals surface area contributed by atoms with Crippen molar-refractivity contribution < 1.29 is 14.6 Å². The van der Waals surface area contributed by atoms with Gasteiger partial charge in [-0.1, -0.05) is 32.0 Å². The Morgan fingerprint density at radius 1 is 1.12 bits per heavy atom. The number of hydrogen-bond acceptors (Lipinski definition) is 4. The molecule has 0 aliphatic heterocycles. The van der Waals surface area contributed by atoms with Crippen molar-refractivity contribution in [2.45, 2.75) is 26.4 Å². The highest BCUT2D eigenvalue weighted by molar-refractivity contribution is 5.84. The molecule has 2 aromatic carbocycles. The summed E-state index contributed by atoms with van der Waals surface area (Å²) in [7, 11) is 0. The van der Waals surface area contributed by atoms with Crippen LogP contribution < -0.4 is 4.74 Å². The van der Waals surface area contributed by atoms with Crippen LogP contribution in [0.25, 0.3) is 10.8 Å². The molecule has 0 amide bonds. The Kier molecular flexibility index (Phi) is 5.59. The van der Waals surface area contributed by atoms with E-state index < -0.39 is 5.60 Å². The van der Waals surface area contributed by atoms with Gasteiger partial charge in [-0.2, -0.15) is 0 Å². The van der Waals surface area contributed by atoms with E-state index in [9.17, 15) is 5.11 Å². The van der Waals surface area contributed by atoms with Crippen molar-refractivity contribution in [1.82, 2.24) is 9.97 Å². The average Bonchev–Trinajstić information content (AvgIpc) is 3.19. The Morgan fingerprint density at radius 3 is 2.58 bits per heavy atom. The van der Waals surface area contributed by atoms with Crippen LogP contribution in [0, 0.1) is 5.92 Å². The molecule has 3 rings (SSSR count). The zero-order valence-corrected chi connectivity index (χ0v) is 15.5. The van der Waals surface area contributed by atoms with Crippen molar-refractivity contribution in [2.24, 2.45) is 5.92 Å². The van der Waals surface area contributed by atoms with Gasteiger partial charge in [-0.25, -0.2) is 4.98 Å². The van der Waals surface area contributed by atoms with Crippen LogP contribution in [0.3, 0.4) is 0 Å². The van der Waals surface area contributed by atoms with Crippen LogP contribution in [-0.2, 0) is 10.3 Å². The van der Waals surface area contributed by atoms with Crippen LogP contribution in [0.2, 0.25) is 0 Å². The first kappa shape index (κ1) is 18.4. The summed E-state index contributed by atoms with van der Waals surface area (Å²) in [6.07, 6.45) is 3.27. The molecule has 26 heavy (non-hydrogen) atoms. The zero-order valence-electron chi connectivity index (χ0n) is 15.5. The molecule has 0 bridgehead atoms. The summed E-state index contributed by atoms with van der Waals surface area (Å²) >= 11 is 0. The van der Waals surface area contributed by atoms with E-state index in [0.717, 1.165) is 22.1 Å². The molecule has 0 saturated heterocycles. The fourth-order valence-corrected chi connectivity index (χ4v) is 3.18. The van der Waals surface area contributed by atoms with Crippen LogP contribution >= 0.6 is 0 Å². The number of aromatic amines is 1. The van der Waals surface area contributed by atoms with E-state index in [-0.39, 0.29) is 5.92 Å². The Morgan fingerprint density at radius 2 is 1.88 bits per heavy atom. The van der Waals surface area contributed by atoms with Gasteiger partial charge < -0.3 is 19.6 Å². The molecule has 0 aliphatic carbocycles. The fourth-order valence-electron chi connectivity index (χ4n) is 3.18. The zero-order chi connectivity index (χ0) is 18.6. The van der Waals surface area contributed by atoms with Gasteiger partial charge in [0.05, 0.1) is 24.8 Å². The number of fused-ring (bicyclic) bond motifs is 1. The lowest BCUT2D eigenvalue weighted by molar-refractivity contribution is 0.0281. The molecule has 5 nitrogen and oxygen atoms in total. The van der Waals surface area contributed by atoms with Gasteiger partial charge in [-0.3, -0.25) is 0 Å². The Balaban J connectivity index is 1.89. The molecule has 1 heterocycles. The maximum Gasteiger partial charge on any atom is 0.133 e. The number of ether oxygens (including phenoxy) is 2. The number of aromatic nitrogens is 2. The summed E-state index contributed by atoms with van der Waals surface area (Å²) in [6.45, 7) is 7.78. The number of H-pyrrole nitrogens is 1. The number of benzene rings is 2. The maximum absolute atomic E-state index is 11.4. The van der Waals surface area contributed by atoms with E-state index in [0.29, 0.717) is 25.5 Å². The third-order valence-corrected chi connectivity index (χ3v) is 4.70. The number of imidazole rings is 1. The number of aliphatic hydroxyl groups is 1. The quantitative estimate of drug-likeness (QED) is 0.603. The topological polar surface area (TPSA) is 67.4 Å². The molecular weight excluding hydrogens is 328 g/mol. The lowest BCUT2D eigenvalue weighted by atomic mass is 9.80. The third-order valence-electron chi connectivity index (χ3n) is 4.70. The van der Waals surface area contributed by atoms with Crippen molar-refractivity contribution in [3.63, 3.8) is 0 Å². The number of hydrogen-bond donors (Lipinski definition) is 2. The average molecular weight is 354 g/mol. The van der Waals surface area contributed by atoms with Crippen molar-refractivity contribution in [2.75, 3.05) is 19.8 Å². The van der Waals surface area contributed by atoms with Crippen molar-refractivity contribution in [3.8, 4) is 5.75 Å². The molecule has 0 fully saturated rings. The van der Waals surface area contributed by atoms with Gasteiger partial charge in [0.25, 0.3) is 0 Å². The molecule has 1 unspecified atom stereocenters. The normalized spacial score (nSPS) is 13.9. The predicted molar refractivity (Wildman–Crippen MR) is 102 cm³/mol. The van der Waals surface area contributed by atoms with Gasteiger partial charge in [0, 0.05) is 6.61 Å². The first-order chi connectivity index (χ1) is 12.6. The monoisotopic (exact) mass is 354 g/mol. The largest absolute Gasteiger partial charge is 0.491 e. The minimum atomic E-state index is -1.11. The fraction of sp³-hybridized carbons (Fsp3) is 0.381. The van der Waals surface area contributed by atoms with E-state index in [2.05, 4.69) is 9.97 Å². The Bertz CT molecular complexity index is 846. The molecule has 2 N–H and O–H groups in total. The van der Waals surface area contributed by atoms with Crippen LogP contribution in [0.1, 0.15) is 32.0 Å². The van der Waals surface area contributed by atoms with E-state index in [1.165, 1.54) is 0 Å². The molecule has 0 aliphatic rings. The molecular formula is C21H26N2O3. The molecule has 3 aromatic rings. The second kappa shape index (κ2) is 7.89. The molecule has 0 spiro atoms. The second-order valence-electron chi connectivity index (χ2n) is 6.66. The lowest BCUT2D eigenvalue weighted by Gasteiger charge is -2.32. The van der Waals surface area contributed by atoms with Crippen molar-refractivity contribution in [3.05, 3.63) is 60.2 Å². The van der Waals surface area contributed by atoms with Gasteiger partial charge in [0.1, 0.15) is 18.0 Å². The lowest BCUT2D eigenvalue weighted by Crippen LogP contribution is -2.33. The first-order valence-electron chi connectivity index (χ1n) is 9.01. The van der Waals surface area contributed by atoms with Gasteiger partial charge in [0.2, 0.25) is 0 Å². The highest BCUT2D eigenvalue weighted by Gasteiger charge is 2.36. The summed E-state index contributed by atoms with van der Waals surface area (Å²) in [4.78, 5) is 7.12. The SMILES string of the molecule is CCOCCOc1ccc2cc(C(O)(c3cnc[nH]3)C(C)C)ccc2c1. The van der Waals surface area contributed by atoms with Crippen LogP contribution in [0.4, 0.5) is 0 Å². The molecule has 1 aromatic heterocycles. The molecule has 0 saturated carbocycles. The molecule has 5 heteroatoms. The van der Waals surface area contributed by atoms with Gasteiger partial charge in [-0.05, 0) is 47.4 Å². The van der Waals surface area contributed by atoms with E-state index >= 15 is 0 Å². The summed E-state index contributed by atoms with van der Waals surface area (Å²) < 4.78 is 11.0. The molecule has 138 valence electrons. The number of nitrogens with zero attached hydrogens (tertiary/aromatic N) is 1. The highest BCUT2D eigenvalue weighted by atomic mass is 16.5. The van der Waals surface area contributed by atoms with Crippen LogP contribution in [0.15, 0.2) is 48.9 Å². The van der Waals surface area contributed by atoms with Gasteiger partial charge >= 0.3 is 0 Å². The summed E-state index contributed by atoms with van der Waals surface area (Å²) in [5.74, 6) is 0.805. The minimum Gasteiger partial charge on any atom is -0.491 e. The molecule has 1 atom stereocenters. The van der Waals surface area contributed by atoms with Crippen LogP contribution in [0.5, 0.6) is 5.75 Å². The summed E-state index contributed by atoms with van der Waals surface area (Å²) in [5, 5.41) is 13.5.